The van der Waals surface area contributed by atoms with E-state index in [1.165, 1.54) is 11.3 Å². The number of hydrogen-bond acceptors (Lipinski definition) is 2. The van der Waals surface area contributed by atoms with Gasteiger partial charge in [0.1, 0.15) is 0 Å². The van der Waals surface area contributed by atoms with Crippen LogP contribution >= 0.6 is 11.8 Å². The van der Waals surface area contributed by atoms with E-state index in [-0.39, 0.29) is 0 Å². The van der Waals surface area contributed by atoms with Crippen LogP contribution in [0.1, 0.15) is 20.3 Å². The zero-order valence-corrected chi connectivity index (χ0v) is 9.08. The Bertz CT molecular complexity index is 152. The maximum absolute atomic E-state index is 3.96. The molecule has 2 heteroatoms. The minimum absolute atomic E-state index is 0.439. The molecule has 0 aromatic carbocycles. The van der Waals surface area contributed by atoms with Gasteiger partial charge in [0.2, 0.25) is 0 Å². The molecule has 0 aliphatic carbocycles. The SMILES string of the molecule is C=C(C)[C@H](CCSC)N/C=C/C. The predicted octanol–water partition coefficient (Wildman–Crippen LogP) is 2.81. The molecule has 0 aromatic rings. The van der Waals surface area contributed by atoms with E-state index in [9.17, 15) is 0 Å². The molecule has 1 atom stereocenters. The van der Waals surface area contributed by atoms with E-state index in [1.807, 2.05) is 31.0 Å². The van der Waals surface area contributed by atoms with Crippen LogP contribution in [0.3, 0.4) is 0 Å². The van der Waals surface area contributed by atoms with Crippen LogP contribution in [0.5, 0.6) is 0 Å². The van der Waals surface area contributed by atoms with E-state index in [1.54, 1.807) is 0 Å². The molecule has 0 bridgehead atoms. The van der Waals surface area contributed by atoms with Crippen molar-refractivity contribution in [3.63, 3.8) is 0 Å². The van der Waals surface area contributed by atoms with Crippen LogP contribution in [0.4, 0.5) is 0 Å². The molecular weight excluding hydrogens is 166 g/mol. The molecule has 12 heavy (non-hydrogen) atoms. The second-order valence-electron chi connectivity index (χ2n) is 2.85. The van der Waals surface area contributed by atoms with Gasteiger partial charge in [-0.25, -0.2) is 0 Å². The van der Waals surface area contributed by atoms with Crippen molar-refractivity contribution in [1.82, 2.24) is 5.32 Å². The number of hydrogen-bond donors (Lipinski definition) is 1. The molecule has 0 spiro atoms. The maximum atomic E-state index is 3.96. The Morgan fingerprint density at radius 3 is 2.75 bits per heavy atom. The first-order chi connectivity index (χ1) is 5.72. The van der Waals surface area contributed by atoms with Crippen LogP contribution in [0, 0.1) is 0 Å². The van der Waals surface area contributed by atoms with Crippen molar-refractivity contribution in [3.8, 4) is 0 Å². The van der Waals surface area contributed by atoms with Gasteiger partial charge in [-0.3, -0.25) is 0 Å². The quantitative estimate of drug-likeness (QED) is 0.639. The van der Waals surface area contributed by atoms with Gasteiger partial charge in [-0.15, -0.1) is 0 Å². The molecule has 70 valence electrons. The van der Waals surface area contributed by atoms with E-state index in [0.717, 1.165) is 6.42 Å². The molecule has 1 N–H and O–H groups in total. The highest BCUT2D eigenvalue weighted by Crippen LogP contribution is 2.07. The summed E-state index contributed by atoms with van der Waals surface area (Å²) in [6.45, 7) is 8.04. The smallest absolute Gasteiger partial charge is 0.0470 e. The van der Waals surface area contributed by atoms with Gasteiger partial charge >= 0.3 is 0 Å². The maximum Gasteiger partial charge on any atom is 0.0470 e. The fraction of sp³-hybridized carbons (Fsp3) is 0.600. The molecule has 0 aromatic heterocycles. The highest BCUT2D eigenvalue weighted by Gasteiger charge is 2.04. The van der Waals surface area contributed by atoms with Gasteiger partial charge in [-0.1, -0.05) is 18.2 Å². The molecule has 0 fully saturated rings. The first-order valence-corrected chi connectivity index (χ1v) is 5.63. The molecule has 0 heterocycles. The second-order valence-corrected chi connectivity index (χ2v) is 3.83. The molecule has 0 amide bonds. The summed E-state index contributed by atoms with van der Waals surface area (Å²) in [6.07, 6.45) is 7.28. The van der Waals surface area contributed by atoms with E-state index in [2.05, 4.69) is 25.1 Å². The third kappa shape index (κ3) is 5.30. The normalized spacial score (nSPS) is 13.2. The summed E-state index contributed by atoms with van der Waals surface area (Å²) < 4.78 is 0. The van der Waals surface area contributed by atoms with Crippen LogP contribution in [-0.4, -0.2) is 18.1 Å². The van der Waals surface area contributed by atoms with Crippen molar-refractivity contribution < 1.29 is 0 Å². The molecule has 0 unspecified atom stereocenters. The highest BCUT2D eigenvalue weighted by atomic mass is 32.2. The van der Waals surface area contributed by atoms with Crippen molar-refractivity contribution in [2.45, 2.75) is 26.3 Å². The van der Waals surface area contributed by atoms with Crippen LogP contribution in [0.2, 0.25) is 0 Å². The Labute approximate surface area is 80.3 Å². The summed E-state index contributed by atoms with van der Waals surface area (Å²) in [5.74, 6) is 1.18. The Hall–Kier alpha value is -0.370. The zero-order valence-electron chi connectivity index (χ0n) is 8.26. The zero-order chi connectivity index (χ0) is 9.40. The summed E-state index contributed by atoms with van der Waals surface area (Å²) in [5.41, 5.74) is 1.21. The lowest BCUT2D eigenvalue weighted by atomic mass is 10.1. The second kappa shape index (κ2) is 7.29. The van der Waals surface area contributed by atoms with E-state index in [4.69, 9.17) is 0 Å². The van der Waals surface area contributed by atoms with E-state index >= 15 is 0 Å². The number of rotatable bonds is 6. The van der Waals surface area contributed by atoms with Crippen molar-refractivity contribution in [2.75, 3.05) is 12.0 Å². The van der Waals surface area contributed by atoms with Crippen molar-refractivity contribution >= 4 is 11.8 Å². The van der Waals surface area contributed by atoms with Gasteiger partial charge in [-0.05, 0) is 38.5 Å². The monoisotopic (exact) mass is 185 g/mol. The predicted molar refractivity (Wildman–Crippen MR) is 59.6 cm³/mol. The Morgan fingerprint density at radius 1 is 1.67 bits per heavy atom. The van der Waals surface area contributed by atoms with Gasteiger partial charge < -0.3 is 5.32 Å². The summed E-state index contributed by atoms with van der Waals surface area (Å²) >= 11 is 1.88. The lowest BCUT2D eigenvalue weighted by Gasteiger charge is -2.16. The third-order valence-corrected chi connectivity index (χ3v) is 2.31. The number of thioether (sulfide) groups is 1. The van der Waals surface area contributed by atoms with Crippen LogP contribution < -0.4 is 5.32 Å². The standard InChI is InChI=1S/C10H19NS/c1-5-7-11-10(9(2)3)6-8-12-4/h5,7,10-11H,2,6,8H2,1,3-4H3/b7-5+/t10-/m0/s1. The summed E-state index contributed by atoms with van der Waals surface area (Å²) in [5, 5.41) is 3.31. The molecule has 0 rings (SSSR count). The minimum Gasteiger partial charge on any atom is -0.385 e. The Morgan fingerprint density at radius 2 is 2.33 bits per heavy atom. The average Bonchev–Trinajstić information content (AvgIpc) is 2.04. The minimum atomic E-state index is 0.439. The molecule has 0 aliphatic rings. The largest absolute Gasteiger partial charge is 0.385 e. The molecule has 0 saturated carbocycles. The molecular formula is C10H19NS. The van der Waals surface area contributed by atoms with Gasteiger partial charge in [0.25, 0.3) is 0 Å². The van der Waals surface area contributed by atoms with Gasteiger partial charge in [0.15, 0.2) is 0 Å². The molecule has 0 saturated heterocycles. The van der Waals surface area contributed by atoms with E-state index < -0.39 is 0 Å². The number of allylic oxidation sites excluding steroid dienone is 1. The van der Waals surface area contributed by atoms with E-state index in [0.29, 0.717) is 6.04 Å². The third-order valence-electron chi connectivity index (χ3n) is 1.67. The average molecular weight is 185 g/mol. The molecule has 1 nitrogen and oxygen atoms in total. The van der Waals surface area contributed by atoms with Gasteiger partial charge in [-0.2, -0.15) is 11.8 Å². The van der Waals surface area contributed by atoms with Crippen LogP contribution in [0.25, 0.3) is 0 Å². The molecule has 0 radical (unpaired) electrons. The van der Waals surface area contributed by atoms with Gasteiger partial charge in [0, 0.05) is 6.04 Å². The fourth-order valence-corrected chi connectivity index (χ4v) is 1.39. The topological polar surface area (TPSA) is 12.0 Å². The summed E-state index contributed by atoms with van der Waals surface area (Å²) in [4.78, 5) is 0. The first kappa shape index (κ1) is 11.6. The summed E-state index contributed by atoms with van der Waals surface area (Å²) in [6, 6.07) is 0.439. The highest BCUT2D eigenvalue weighted by molar-refractivity contribution is 7.98. The number of nitrogens with one attached hydrogen (secondary N) is 1. The lowest BCUT2D eigenvalue weighted by molar-refractivity contribution is 0.650. The van der Waals surface area contributed by atoms with Crippen LogP contribution in [0.15, 0.2) is 24.4 Å². The van der Waals surface area contributed by atoms with Crippen molar-refractivity contribution in [1.29, 1.82) is 0 Å². The van der Waals surface area contributed by atoms with Crippen molar-refractivity contribution in [2.24, 2.45) is 0 Å². The Balaban J connectivity index is 3.78. The Kier molecular flexibility index (Phi) is 7.06. The molecule has 0 aliphatic heterocycles. The summed E-state index contributed by atoms with van der Waals surface area (Å²) in [7, 11) is 0. The first-order valence-electron chi connectivity index (χ1n) is 4.24. The van der Waals surface area contributed by atoms with Gasteiger partial charge in [0.05, 0.1) is 0 Å². The lowest BCUT2D eigenvalue weighted by Crippen LogP contribution is -2.25. The fourth-order valence-electron chi connectivity index (χ4n) is 0.920. The van der Waals surface area contributed by atoms with Crippen molar-refractivity contribution in [3.05, 3.63) is 24.4 Å². The van der Waals surface area contributed by atoms with Crippen LogP contribution in [-0.2, 0) is 0 Å².